The SMILES string of the molecule is CCNC(=NCCCN1CCCN(C)CC1)N1CCC(N2CCOCC2)C1.I. The molecule has 164 valence electrons. The second-order valence-electron chi connectivity index (χ2n) is 8.12. The molecule has 0 aromatic heterocycles. The number of rotatable bonds is 6. The summed E-state index contributed by atoms with van der Waals surface area (Å²) in [4.78, 5) is 15.1. The van der Waals surface area contributed by atoms with Crippen molar-refractivity contribution >= 4 is 29.9 Å². The van der Waals surface area contributed by atoms with Crippen LogP contribution in [-0.4, -0.2) is 124 Å². The molecule has 3 rings (SSSR count). The van der Waals surface area contributed by atoms with Gasteiger partial charge in [-0.15, -0.1) is 24.0 Å². The van der Waals surface area contributed by atoms with Gasteiger partial charge in [0.2, 0.25) is 0 Å². The molecular weight excluding hydrogens is 467 g/mol. The highest BCUT2D eigenvalue weighted by Gasteiger charge is 2.30. The molecule has 0 radical (unpaired) electrons. The number of morpholine rings is 1. The summed E-state index contributed by atoms with van der Waals surface area (Å²) in [5, 5.41) is 3.51. The number of nitrogens with zero attached hydrogens (tertiary/aromatic N) is 5. The maximum Gasteiger partial charge on any atom is 0.193 e. The highest BCUT2D eigenvalue weighted by molar-refractivity contribution is 14.0. The van der Waals surface area contributed by atoms with Crippen molar-refractivity contribution in [3.05, 3.63) is 0 Å². The molecule has 0 amide bonds. The van der Waals surface area contributed by atoms with E-state index in [1.165, 1.54) is 45.6 Å². The molecule has 7 nitrogen and oxygen atoms in total. The van der Waals surface area contributed by atoms with Crippen molar-refractivity contribution < 1.29 is 4.74 Å². The fraction of sp³-hybridized carbons (Fsp3) is 0.950. The van der Waals surface area contributed by atoms with Crippen molar-refractivity contribution in [3.63, 3.8) is 0 Å². The minimum absolute atomic E-state index is 0. The molecule has 3 aliphatic heterocycles. The van der Waals surface area contributed by atoms with Crippen molar-refractivity contribution in [1.29, 1.82) is 0 Å². The lowest BCUT2D eigenvalue weighted by Crippen LogP contribution is -2.46. The lowest BCUT2D eigenvalue weighted by Gasteiger charge is -2.32. The molecule has 0 saturated carbocycles. The van der Waals surface area contributed by atoms with Crippen LogP contribution in [-0.2, 0) is 4.74 Å². The molecule has 0 aromatic rings. The molecule has 0 spiro atoms. The first-order valence-electron chi connectivity index (χ1n) is 11.0. The van der Waals surface area contributed by atoms with Gasteiger partial charge < -0.3 is 24.8 Å². The van der Waals surface area contributed by atoms with Gasteiger partial charge in [0.1, 0.15) is 0 Å². The summed E-state index contributed by atoms with van der Waals surface area (Å²) >= 11 is 0. The quantitative estimate of drug-likeness (QED) is 0.250. The highest BCUT2D eigenvalue weighted by atomic mass is 127. The Morgan fingerprint density at radius 2 is 1.89 bits per heavy atom. The molecule has 1 N–H and O–H groups in total. The van der Waals surface area contributed by atoms with Crippen LogP contribution < -0.4 is 5.32 Å². The van der Waals surface area contributed by atoms with Crippen molar-refractivity contribution in [1.82, 2.24) is 24.9 Å². The van der Waals surface area contributed by atoms with Gasteiger partial charge in [-0.25, -0.2) is 0 Å². The Hall–Kier alpha value is -0.160. The molecule has 3 saturated heterocycles. The molecule has 1 atom stereocenters. The predicted octanol–water partition coefficient (Wildman–Crippen LogP) is 1.00. The van der Waals surface area contributed by atoms with Gasteiger partial charge in [0.15, 0.2) is 5.96 Å². The van der Waals surface area contributed by atoms with Gasteiger partial charge >= 0.3 is 0 Å². The Labute approximate surface area is 188 Å². The normalized spacial score (nSPS) is 26.1. The van der Waals surface area contributed by atoms with E-state index in [0.29, 0.717) is 6.04 Å². The molecule has 3 fully saturated rings. The molecule has 8 heteroatoms. The van der Waals surface area contributed by atoms with Crippen LogP contribution in [0, 0.1) is 0 Å². The van der Waals surface area contributed by atoms with E-state index >= 15 is 0 Å². The number of ether oxygens (including phenoxy) is 1. The van der Waals surface area contributed by atoms with Gasteiger partial charge in [-0.1, -0.05) is 0 Å². The average molecular weight is 508 g/mol. The number of halogens is 1. The topological polar surface area (TPSA) is 46.6 Å². The van der Waals surface area contributed by atoms with Crippen LogP contribution in [0.2, 0.25) is 0 Å². The van der Waals surface area contributed by atoms with Gasteiger partial charge in [0.25, 0.3) is 0 Å². The van der Waals surface area contributed by atoms with E-state index < -0.39 is 0 Å². The molecule has 28 heavy (non-hydrogen) atoms. The fourth-order valence-electron chi connectivity index (χ4n) is 4.40. The highest BCUT2D eigenvalue weighted by Crippen LogP contribution is 2.17. The number of likely N-dealkylation sites (tertiary alicyclic amines) is 1. The molecule has 3 heterocycles. The smallest absolute Gasteiger partial charge is 0.193 e. The summed E-state index contributed by atoms with van der Waals surface area (Å²) in [6.45, 7) is 16.2. The van der Waals surface area contributed by atoms with E-state index in [1.807, 2.05) is 0 Å². The maximum atomic E-state index is 5.50. The summed E-state index contributed by atoms with van der Waals surface area (Å²) in [6.07, 6.45) is 3.68. The first-order chi connectivity index (χ1) is 13.3. The number of nitrogens with one attached hydrogen (secondary N) is 1. The van der Waals surface area contributed by atoms with E-state index in [9.17, 15) is 0 Å². The first-order valence-corrected chi connectivity index (χ1v) is 11.0. The Kier molecular flexibility index (Phi) is 11.4. The monoisotopic (exact) mass is 508 g/mol. The summed E-state index contributed by atoms with van der Waals surface area (Å²) in [5.74, 6) is 1.11. The van der Waals surface area contributed by atoms with E-state index in [-0.39, 0.29) is 24.0 Å². The van der Waals surface area contributed by atoms with Crippen molar-refractivity contribution in [2.45, 2.75) is 32.2 Å². The number of guanidine groups is 1. The molecule has 3 aliphatic rings. The van der Waals surface area contributed by atoms with Gasteiger partial charge in [0.05, 0.1) is 13.2 Å². The number of aliphatic imine (C=N–C) groups is 1. The van der Waals surface area contributed by atoms with Crippen LogP contribution in [0.25, 0.3) is 0 Å². The minimum Gasteiger partial charge on any atom is -0.379 e. The zero-order valence-corrected chi connectivity index (χ0v) is 20.3. The Morgan fingerprint density at radius 1 is 1.07 bits per heavy atom. The second kappa shape index (κ2) is 13.2. The third kappa shape index (κ3) is 7.59. The fourth-order valence-corrected chi connectivity index (χ4v) is 4.40. The largest absolute Gasteiger partial charge is 0.379 e. The molecular formula is C20H41IN6O. The zero-order valence-electron chi connectivity index (χ0n) is 17.9. The Bertz CT molecular complexity index is 460. The van der Waals surface area contributed by atoms with Crippen molar-refractivity contribution in [3.8, 4) is 0 Å². The van der Waals surface area contributed by atoms with E-state index in [4.69, 9.17) is 9.73 Å². The third-order valence-electron chi connectivity index (χ3n) is 6.07. The zero-order chi connectivity index (χ0) is 18.9. The minimum atomic E-state index is 0. The summed E-state index contributed by atoms with van der Waals surface area (Å²) in [7, 11) is 2.23. The van der Waals surface area contributed by atoms with Crippen LogP contribution >= 0.6 is 24.0 Å². The van der Waals surface area contributed by atoms with Crippen LogP contribution in [0.15, 0.2) is 4.99 Å². The van der Waals surface area contributed by atoms with Crippen molar-refractivity contribution in [2.75, 3.05) is 92.3 Å². The van der Waals surface area contributed by atoms with Gasteiger partial charge in [-0.2, -0.15) is 0 Å². The van der Waals surface area contributed by atoms with Gasteiger partial charge in [-0.3, -0.25) is 9.89 Å². The molecule has 0 bridgehead atoms. The van der Waals surface area contributed by atoms with Gasteiger partial charge in [-0.05, 0) is 52.9 Å². The molecule has 0 aliphatic carbocycles. The van der Waals surface area contributed by atoms with Gasteiger partial charge in [0, 0.05) is 58.4 Å². The van der Waals surface area contributed by atoms with Crippen LogP contribution in [0.1, 0.15) is 26.2 Å². The van der Waals surface area contributed by atoms with E-state index in [0.717, 1.165) is 64.9 Å². The summed E-state index contributed by atoms with van der Waals surface area (Å²) < 4.78 is 5.50. The number of hydrogen-bond acceptors (Lipinski definition) is 5. The van der Waals surface area contributed by atoms with E-state index in [2.05, 4.69) is 38.9 Å². The predicted molar refractivity (Wildman–Crippen MR) is 127 cm³/mol. The average Bonchev–Trinajstić information content (AvgIpc) is 3.09. The Balaban J connectivity index is 0.00000280. The lowest BCUT2D eigenvalue weighted by molar-refractivity contribution is 0.0195. The number of hydrogen-bond donors (Lipinski definition) is 1. The number of likely N-dealkylation sites (N-methyl/N-ethyl adjacent to an activating group) is 1. The standard InChI is InChI=1S/C20H40N6O.HI/c1-3-21-20(22-7-4-9-24-10-5-8-23(2)12-13-24)26-11-6-19(18-26)25-14-16-27-17-15-25;/h19H,3-18H2,1-2H3,(H,21,22);1H. The van der Waals surface area contributed by atoms with Crippen molar-refractivity contribution in [2.24, 2.45) is 4.99 Å². The lowest BCUT2D eigenvalue weighted by atomic mass is 10.2. The first kappa shape index (κ1) is 24.1. The van der Waals surface area contributed by atoms with Crippen LogP contribution in [0.3, 0.4) is 0 Å². The Morgan fingerprint density at radius 3 is 2.68 bits per heavy atom. The molecule has 1 unspecified atom stereocenters. The summed E-state index contributed by atoms with van der Waals surface area (Å²) in [6, 6.07) is 0.659. The summed E-state index contributed by atoms with van der Waals surface area (Å²) in [5.41, 5.74) is 0. The van der Waals surface area contributed by atoms with E-state index in [1.54, 1.807) is 0 Å². The second-order valence-corrected chi connectivity index (χ2v) is 8.12. The maximum absolute atomic E-state index is 5.50. The van der Waals surface area contributed by atoms with Crippen LogP contribution in [0.5, 0.6) is 0 Å². The third-order valence-corrected chi connectivity index (χ3v) is 6.07. The van der Waals surface area contributed by atoms with Crippen LogP contribution in [0.4, 0.5) is 0 Å². The molecule has 0 aromatic carbocycles.